The summed E-state index contributed by atoms with van der Waals surface area (Å²) in [6, 6.07) is 0. The van der Waals surface area contributed by atoms with E-state index in [0.29, 0.717) is 0 Å². The maximum atomic E-state index is 6.55. The summed E-state index contributed by atoms with van der Waals surface area (Å²) < 4.78 is 0. The molecule has 1 unspecified atom stereocenters. The Morgan fingerprint density at radius 2 is 1.42 bits per heavy atom. The molecule has 0 aliphatic heterocycles. The molecule has 0 N–H and O–H groups in total. The van der Waals surface area contributed by atoms with Gasteiger partial charge in [-0.25, -0.2) is 0 Å². The van der Waals surface area contributed by atoms with Crippen LogP contribution in [0.2, 0.25) is 0 Å². The van der Waals surface area contributed by atoms with Crippen LogP contribution in [0.15, 0.2) is 0 Å². The first-order valence-corrected chi connectivity index (χ1v) is 5.02. The van der Waals surface area contributed by atoms with E-state index in [1.54, 1.807) is 0 Å². The summed E-state index contributed by atoms with van der Waals surface area (Å²) in [5.74, 6) is 0. The van der Waals surface area contributed by atoms with Gasteiger partial charge in [0, 0.05) is 4.87 Å². The van der Waals surface area contributed by atoms with Gasteiger partial charge in [-0.15, -0.1) is 11.6 Å². The van der Waals surface area contributed by atoms with Crippen LogP contribution in [0.25, 0.3) is 0 Å². The van der Waals surface area contributed by atoms with E-state index in [0.717, 1.165) is 0 Å². The topological polar surface area (TPSA) is 0 Å². The van der Waals surface area contributed by atoms with Gasteiger partial charge in [-0.2, -0.15) is 9.90 Å². The van der Waals surface area contributed by atoms with E-state index in [2.05, 4.69) is 20.8 Å². The second-order valence-electron chi connectivity index (χ2n) is 4.78. The summed E-state index contributed by atoms with van der Waals surface area (Å²) in [4.78, 5) is 0.0885. The van der Waals surface area contributed by atoms with E-state index in [9.17, 15) is 0 Å². The first-order valence-electron chi connectivity index (χ1n) is 4.65. The number of halogens is 1. The van der Waals surface area contributed by atoms with Gasteiger partial charge < -0.3 is 0 Å². The summed E-state index contributed by atoms with van der Waals surface area (Å²) in [5, 5.41) is 0. The zero-order valence-electron chi connectivity index (χ0n) is 8.62. The first kappa shape index (κ1) is 12.7. The van der Waals surface area contributed by atoms with Crippen molar-refractivity contribution in [2.75, 3.05) is 0 Å². The number of rotatable bonds is 0. The molecule has 0 heterocycles. The first-order chi connectivity index (χ1) is 4.96. The molecular formula is C10H22ClP. The van der Waals surface area contributed by atoms with Crippen LogP contribution < -0.4 is 0 Å². The molecule has 0 spiro atoms. The predicted molar refractivity (Wildman–Crippen MR) is 62.2 cm³/mol. The van der Waals surface area contributed by atoms with Gasteiger partial charge in [0.2, 0.25) is 0 Å². The highest BCUT2D eigenvalue weighted by molar-refractivity contribution is 6.92. The van der Waals surface area contributed by atoms with Gasteiger partial charge in [-0.3, -0.25) is 0 Å². The Morgan fingerprint density at radius 1 is 1.00 bits per heavy atom. The van der Waals surface area contributed by atoms with E-state index in [-0.39, 0.29) is 20.2 Å². The van der Waals surface area contributed by atoms with Crippen LogP contribution in [-0.4, -0.2) is 4.87 Å². The van der Waals surface area contributed by atoms with Crippen LogP contribution in [0.4, 0.5) is 0 Å². The highest BCUT2D eigenvalue weighted by Gasteiger charge is 2.40. The molecule has 0 amide bonds. The van der Waals surface area contributed by atoms with Crippen molar-refractivity contribution in [1.82, 2.24) is 0 Å². The lowest BCUT2D eigenvalue weighted by Crippen LogP contribution is -2.38. The van der Waals surface area contributed by atoms with E-state index >= 15 is 0 Å². The third-order valence-electron chi connectivity index (χ3n) is 2.99. The molecule has 12 heavy (non-hydrogen) atoms. The number of hydrogen-bond donors (Lipinski definition) is 0. The molecule has 0 bridgehead atoms. The van der Waals surface area contributed by atoms with Crippen molar-refractivity contribution in [3.63, 3.8) is 0 Å². The molecule has 1 fully saturated rings. The van der Waals surface area contributed by atoms with Crippen molar-refractivity contribution >= 4 is 21.5 Å². The van der Waals surface area contributed by atoms with Gasteiger partial charge >= 0.3 is 0 Å². The second-order valence-corrected chi connectivity index (χ2v) is 5.50. The minimum absolute atomic E-state index is 0. The highest BCUT2D eigenvalue weighted by Crippen LogP contribution is 2.46. The molecule has 0 nitrogen and oxygen atoms in total. The van der Waals surface area contributed by atoms with Crippen LogP contribution in [0, 0.1) is 5.41 Å². The summed E-state index contributed by atoms with van der Waals surface area (Å²) in [6.07, 6.45) is 6.43. The van der Waals surface area contributed by atoms with Gasteiger partial charge in [0.15, 0.2) is 0 Å². The van der Waals surface area contributed by atoms with E-state index < -0.39 is 0 Å². The molecule has 1 aliphatic rings. The average Bonchev–Trinajstić information content (AvgIpc) is 1.87. The van der Waals surface area contributed by atoms with Gasteiger partial charge in [0.25, 0.3) is 0 Å². The van der Waals surface area contributed by atoms with Crippen molar-refractivity contribution in [2.45, 2.75) is 57.7 Å². The Morgan fingerprint density at radius 3 is 1.67 bits per heavy atom. The molecule has 0 radical (unpaired) electrons. The fourth-order valence-electron chi connectivity index (χ4n) is 1.86. The molecular weight excluding hydrogens is 187 g/mol. The van der Waals surface area contributed by atoms with Gasteiger partial charge in [-0.1, -0.05) is 40.0 Å². The van der Waals surface area contributed by atoms with Gasteiger partial charge in [0.05, 0.1) is 0 Å². The Hall–Kier alpha value is 0.720. The Labute approximate surface area is 85.1 Å². The standard InChI is InChI=1S/C10H19Cl.H3P/c1-9(2,3)10(11)7-5-4-6-8-10;/h4-8H2,1-3H3;1H3. The summed E-state index contributed by atoms with van der Waals surface area (Å²) in [5.41, 5.74) is 0.273. The zero-order chi connectivity index (χ0) is 8.54. The Bertz CT molecular complexity index is 131. The van der Waals surface area contributed by atoms with Crippen LogP contribution >= 0.6 is 21.5 Å². The lowest BCUT2D eigenvalue weighted by molar-refractivity contribution is 0.209. The maximum absolute atomic E-state index is 6.55. The summed E-state index contributed by atoms with van der Waals surface area (Å²) in [6.45, 7) is 6.77. The van der Waals surface area contributed by atoms with E-state index in [4.69, 9.17) is 11.6 Å². The molecule has 1 saturated carbocycles. The average molecular weight is 209 g/mol. The van der Waals surface area contributed by atoms with Crippen molar-refractivity contribution in [3.8, 4) is 0 Å². The summed E-state index contributed by atoms with van der Waals surface area (Å²) >= 11 is 6.55. The fourth-order valence-corrected chi connectivity index (χ4v) is 2.13. The van der Waals surface area contributed by atoms with E-state index in [1.165, 1.54) is 32.1 Å². The van der Waals surface area contributed by atoms with E-state index in [1.807, 2.05) is 0 Å². The minimum Gasteiger partial charge on any atom is -0.153 e. The van der Waals surface area contributed by atoms with Crippen molar-refractivity contribution in [2.24, 2.45) is 5.41 Å². The molecule has 0 aromatic rings. The lowest BCUT2D eigenvalue weighted by atomic mass is 9.71. The fraction of sp³-hybridized carbons (Fsp3) is 1.00. The van der Waals surface area contributed by atoms with Crippen LogP contribution in [0.1, 0.15) is 52.9 Å². The van der Waals surface area contributed by atoms with Gasteiger partial charge in [0.1, 0.15) is 0 Å². The van der Waals surface area contributed by atoms with Crippen LogP contribution in [0.3, 0.4) is 0 Å². The van der Waals surface area contributed by atoms with Crippen molar-refractivity contribution in [1.29, 1.82) is 0 Å². The van der Waals surface area contributed by atoms with Crippen LogP contribution in [-0.2, 0) is 0 Å². The second kappa shape index (κ2) is 4.29. The SMILES string of the molecule is CC(C)(C)C1(Cl)CCCCC1.P. The molecule has 1 atom stereocenters. The molecule has 0 saturated heterocycles. The molecule has 74 valence electrons. The number of hydrogen-bond acceptors (Lipinski definition) is 0. The molecule has 0 aromatic heterocycles. The number of alkyl halides is 1. The molecule has 2 heteroatoms. The summed E-state index contributed by atoms with van der Waals surface area (Å²) in [7, 11) is 0. The predicted octanol–water partition coefficient (Wildman–Crippen LogP) is 4.03. The monoisotopic (exact) mass is 208 g/mol. The van der Waals surface area contributed by atoms with Crippen molar-refractivity contribution < 1.29 is 0 Å². The molecule has 0 aromatic carbocycles. The zero-order valence-corrected chi connectivity index (χ0v) is 10.8. The quantitative estimate of drug-likeness (QED) is 0.417. The third kappa shape index (κ3) is 2.60. The Kier molecular flexibility index (Phi) is 4.55. The third-order valence-corrected chi connectivity index (χ3v) is 3.94. The maximum Gasteiger partial charge on any atom is 0.0495 e. The lowest BCUT2D eigenvalue weighted by Gasteiger charge is -2.42. The molecule has 1 rings (SSSR count). The molecule has 1 aliphatic carbocycles. The minimum atomic E-state index is 0. The smallest absolute Gasteiger partial charge is 0.0495 e. The van der Waals surface area contributed by atoms with Gasteiger partial charge in [-0.05, 0) is 18.3 Å². The largest absolute Gasteiger partial charge is 0.153 e. The normalized spacial score (nSPS) is 23.0. The Balaban J connectivity index is 0.00000121. The van der Waals surface area contributed by atoms with Crippen LogP contribution in [0.5, 0.6) is 0 Å². The van der Waals surface area contributed by atoms with Crippen molar-refractivity contribution in [3.05, 3.63) is 0 Å². The highest BCUT2D eigenvalue weighted by atomic mass is 35.5.